The van der Waals surface area contributed by atoms with Crippen LogP contribution in [0.3, 0.4) is 0 Å². The quantitative estimate of drug-likeness (QED) is 0.675. The molecule has 16 heavy (non-hydrogen) atoms. The number of aromatic carboxylic acids is 1. The lowest BCUT2D eigenvalue weighted by Crippen LogP contribution is -2.33. The Hall–Kier alpha value is -2.11. The van der Waals surface area contributed by atoms with Crippen LogP contribution in [-0.4, -0.2) is 21.6 Å². The van der Waals surface area contributed by atoms with Crippen LogP contribution in [0.4, 0.5) is 0 Å². The summed E-state index contributed by atoms with van der Waals surface area (Å²) in [4.78, 5) is 22.1. The number of carboxylic acid groups (broad SMARTS) is 1. The second kappa shape index (κ2) is 4.18. The predicted molar refractivity (Wildman–Crippen MR) is 56.2 cm³/mol. The van der Waals surface area contributed by atoms with Crippen molar-refractivity contribution in [2.24, 2.45) is 5.73 Å². The molecular weight excluding hydrogens is 210 g/mol. The molecule has 1 amide bonds. The highest BCUT2D eigenvalue weighted by molar-refractivity contribution is 5.94. The van der Waals surface area contributed by atoms with E-state index in [9.17, 15) is 9.59 Å². The van der Waals surface area contributed by atoms with E-state index in [2.05, 4.69) is 0 Å². The van der Waals surface area contributed by atoms with E-state index in [4.69, 9.17) is 16.2 Å². The summed E-state index contributed by atoms with van der Waals surface area (Å²) in [6.45, 7) is 3.57. The minimum Gasteiger partial charge on any atom is -0.477 e. The van der Waals surface area contributed by atoms with Crippen molar-refractivity contribution in [2.75, 3.05) is 0 Å². The van der Waals surface area contributed by atoms with Crippen molar-refractivity contribution < 1.29 is 14.7 Å². The second-order valence-corrected chi connectivity index (χ2v) is 3.35. The number of nitrogens with one attached hydrogen (secondary N) is 1. The summed E-state index contributed by atoms with van der Waals surface area (Å²) in [7, 11) is 0. The Labute approximate surface area is 91.8 Å². The number of aryl methyl sites for hydroxylation is 1. The van der Waals surface area contributed by atoms with E-state index < -0.39 is 11.9 Å². The molecular formula is C10H13N3O3. The van der Waals surface area contributed by atoms with Gasteiger partial charge in [0, 0.05) is 6.54 Å². The third kappa shape index (κ3) is 1.81. The maximum atomic E-state index is 11.1. The van der Waals surface area contributed by atoms with Crippen molar-refractivity contribution in [3.8, 4) is 0 Å². The fourth-order valence-electron chi connectivity index (χ4n) is 1.61. The number of pyridine rings is 1. The minimum absolute atomic E-state index is 0.0116. The number of nitrogens with zero attached hydrogens (tertiary/aromatic N) is 1. The Morgan fingerprint density at radius 3 is 2.50 bits per heavy atom. The molecule has 4 N–H and O–H groups in total. The highest BCUT2D eigenvalue weighted by atomic mass is 16.4. The van der Waals surface area contributed by atoms with Crippen molar-refractivity contribution in [1.29, 1.82) is 5.41 Å². The summed E-state index contributed by atoms with van der Waals surface area (Å²) in [5.41, 5.74) is 5.40. The Morgan fingerprint density at radius 2 is 2.12 bits per heavy atom. The maximum absolute atomic E-state index is 11.1. The fraction of sp³-hybridized carbons (Fsp3) is 0.300. The minimum atomic E-state index is -1.12. The molecule has 1 aromatic heterocycles. The van der Waals surface area contributed by atoms with E-state index in [0.29, 0.717) is 12.1 Å². The summed E-state index contributed by atoms with van der Waals surface area (Å²) in [6.07, 6.45) is 0. The molecule has 0 unspecified atom stereocenters. The number of rotatable bonds is 3. The molecule has 6 heteroatoms. The van der Waals surface area contributed by atoms with Crippen LogP contribution in [0.25, 0.3) is 0 Å². The van der Waals surface area contributed by atoms with Gasteiger partial charge in [0.2, 0.25) is 0 Å². The molecule has 0 saturated heterocycles. The molecule has 0 bridgehead atoms. The summed E-state index contributed by atoms with van der Waals surface area (Å²) < 4.78 is 1.25. The SMILES string of the molecule is CCn1c(C(=O)O)c(C)cc(C(N)=O)c1=N. The highest BCUT2D eigenvalue weighted by Crippen LogP contribution is 2.07. The van der Waals surface area contributed by atoms with Crippen LogP contribution in [0, 0.1) is 12.3 Å². The number of nitrogens with two attached hydrogens (primary N) is 1. The van der Waals surface area contributed by atoms with Gasteiger partial charge in [-0.3, -0.25) is 10.2 Å². The average molecular weight is 223 g/mol. The van der Waals surface area contributed by atoms with Crippen molar-refractivity contribution in [3.05, 3.63) is 28.4 Å². The summed E-state index contributed by atoms with van der Waals surface area (Å²) in [5.74, 6) is -1.85. The molecule has 0 atom stereocenters. The lowest BCUT2D eigenvalue weighted by Gasteiger charge is -2.13. The first-order valence-electron chi connectivity index (χ1n) is 4.72. The van der Waals surface area contributed by atoms with Gasteiger partial charge in [0.05, 0.1) is 5.56 Å². The van der Waals surface area contributed by atoms with Crippen molar-refractivity contribution in [1.82, 2.24) is 4.57 Å². The molecule has 0 spiro atoms. The van der Waals surface area contributed by atoms with Gasteiger partial charge in [-0.2, -0.15) is 0 Å². The number of carboxylic acids is 1. The third-order valence-corrected chi connectivity index (χ3v) is 2.31. The maximum Gasteiger partial charge on any atom is 0.352 e. The van der Waals surface area contributed by atoms with Crippen LogP contribution in [0.5, 0.6) is 0 Å². The van der Waals surface area contributed by atoms with Gasteiger partial charge in [0.15, 0.2) is 0 Å². The van der Waals surface area contributed by atoms with Crippen LogP contribution in [0.1, 0.15) is 33.3 Å². The van der Waals surface area contributed by atoms with E-state index >= 15 is 0 Å². The average Bonchev–Trinajstić information content (AvgIpc) is 2.19. The summed E-state index contributed by atoms with van der Waals surface area (Å²) in [6, 6.07) is 1.33. The topological polar surface area (TPSA) is 109 Å². The van der Waals surface area contributed by atoms with Crippen LogP contribution in [-0.2, 0) is 6.54 Å². The predicted octanol–water partition coefficient (Wildman–Crippen LogP) is 0.0930. The molecule has 0 radical (unpaired) electrons. The van der Waals surface area contributed by atoms with E-state index in [1.54, 1.807) is 13.8 Å². The Kier molecular flexibility index (Phi) is 3.12. The number of aromatic nitrogens is 1. The van der Waals surface area contributed by atoms with Crippen LogP contribution < -0.4 is 11.2 Å². The zero-order valence-corrected chi connectivity index (χ0v) is 9.07. The first-order chi connectivity index (χ1) is 7.40. The highest BCUT2D eigenvalue weighted by Gasteiger charge is 2.17. The number of primary amides is 1. The van der Waals surface area contributed by atoms with E-state index in [1.165, 1.54) is 10.6 Å². The summed E-state index contributed by atoms with van der Waals surface area (Å²) >= 11 is 0. The van der Waals surface area contributed by atoms with Crippen molar-refractivity contribution in [3.63, 3.8) is 0 Å². The first kappa shape index (κ1) is 12.0. The zero-order chi connectivity index (χ0) is 12.5. The second-order valence-electron chi connectivity index (χ2n) is 3.35. The lowest BCUT2D eigenvalue weighted by molar-refractivity contribution is 0.0681. The lowest BCUT2D eigenvalue weighted by atomic mass is 10.1. The molecule has 86 valence electrons. The van der Waals surface area contributed by atoms with E-state index in [0.717, 1.165) is 0 Å². The van der Waals surface area contributed by atoms with Gasteiger partial charge in [0.1, 0.15) is 11.2 Å². The van der Waals surface area contributed by atoms with Crippen LogP contribution in [0.2, 0.25) is 0 Å². The number of carbonyl (C=O) groups is 2. The molecule has 1 heterocycles. The molecule has 1 rings (SSSR count). The first-order valence-corrected chi connectivity index (χ1v) is 4.72. The molecule has 0 aliphatic heterocycles. The van der Waals surface area contributed by atoms with Crippen molar-refractivity contribution >= 4 is 11.9 Å². The van der Waals surface area contributed by atoms with Crippen molar-refractivity contribution in [2.45, 2.75) is 20.4 Å². The van der Waals surface area contributed by atoms with Gasteiger partial charge in [-0.25, -0.2) is 4.79 Å². The normalized spacial score (nSPS) is 10.1. The number of hydrogen-bond donors (Lipinski definition) is 3. The van der Waals surface area contributed by atoms with E-state index in [-0.39, 0.29) is 16.7 Å². The van der Waals surface area contributed by atoms with Gasteiger partial charge < -0.3 is 15.4 Å². The van der Waals surface area contributed by atoms with Gasteiger partial charge in [-0.15, -0.1) is 0 Å². The molecule has 0 aliphatic carbocycles. The summed E-state index contributed by atoms with van der Waals surface area (Å²) in [5, 5.41) is 16.7. The molecule has 0 saturated carbocycles. The zero-order valence-electron chi connectivity index (χ0n) is 9.07. The molecule has 1 aromatic rings. The molecule has 0 aromatic carbocycles. The van der Waals surface area contributed by atoms with Gasteiger partial charge >= 0.3 is 5.97 Å². The molecule has 0 fully saturated rings. The number of carbonyl (C=O) groups excluding carboxylic acids is 1. The van der Waals surface area contributed by atoms with Crippen LogP contribution in [0.15, 0.2) is 6.07 Å². The monoisotopic (exact) mass is 223 g/mol. The third-order valence-electron chi connectivity index (χ3n) is 2.31. The number of hydrogen-bond acceptors (Lipinski definition) is 3. The fourth-order valence-corrected chi connectivity index (χ4v) is 1.61. The van der Waals surface area contributed by atoms with E-state index in [1.807, 2.05) is 0 Å². The molecule has 6 nitrogen and oxygen atoms in total. The van der Waals surface area contributed by atoms with Crippen LogP contribution >= 0.6 is 0 Å². The standard InChI is InChI=1S/C10H13N3O3/c1-3-13-7(10(15)16)5(2)4-6(8(13)11)9(12)14/h4,11H,3H2,1-2H3,(H2,12,14)(H,15,16). The largest absolute Gasteiger partial charge is 0.477 e. The Bertz CT molecular complexity index is 517. The Balaban J connectivity index is 3.71. The number of amides is 1. The molecule has 0 aliphatic rings. The van der Waals surface area contributed by atoms with Gasteiger partial charge in [-0.05, 0) is 25.5 Å². The van der Waals surface area contributed by atoms with Gasteiger partial charge in [-0.1, -0.05) is 0 Å². The Morgan fingerprint density at radius 1 is 1.56 bits per heavy atom. The smallest absolute Gasteiger partial charge is 0.352 e. The van der Waals surface area contributed by atoms with Gasteiger partial charge in [0.25, 0.3) is 5.91 Å².